The Kier molecular flexibility index (Phi) is 7.10. The van der Waals surface area contributed by atoms with Gasteiger partial charge in [-0.15, -0.1) is 0 Å². The number of carboxylic acid groups (broad SMARTS) is 1. The number of carbonyl (C=O) groups excluding carboxylic acids is 2. The number of aromatic nitrogens is 1. The van der Waals surface area contributed by atoms with Crippen LogP contribution in [0.2, 0.25) is 0 Å². The molecule has 1 aliphatic carbocycles. The molecule has 1 heterocycles. The molecule has 8 nitrogen and oxygen atoms in total. The van der Waals surface area contributed by atoms with E-state index in [1.807, 2.05) is 36.4 Å². The second-order valence-corrected chi connectivity index (χ2v) is 11.0. The summed E-state index contributed by atoms with van der Waals surface area (Å²) in [6.45, 7) is 7.02. The fraction of sp³-hybridized carbons (Fsp3) is 0.281. The van der Waals surface area contributed by atoms with E-state index < -0.39 is 29.8 Å². The van der Waals surface area contributed by atoms with E-state index in [0.29, 0.717) is 22.2 Å². The molecular formula is C32H32N2O6. The van der Waals surface area contributed by atoms with Crippen molar-refractivity contribution >= 4 is 29.1 Å². The summed E-state index contributed by atoms with van der Waals surface area (Å²) in [5, 5.41) is 13.2. The maximum Gasteiger partial charge on any atom is 0.416 e. The van der Waals surface area contributed by atoms with Crippen LogP contribution in [0.5, 0.6) is 0 Å². The topological polar surface area (TPSA) is 107 Å². The first-order valence-corrected chi connectivity index (χ1v) is 13.2. The smallest absolute Gasteiger partial charge is 0.416 e. The Balaban J connectivity index is 1.39. The first-order chi connectivity index (χ1) is 19.0. The van der Waals surface area contributed by atoms with Crippen molar-refractivity contribution in [1.29, 1.82) is 0 Å². The molecule has 2 N–H and O–H groups in total. The fourth-order valence-electron chi connectivity index (χ4n) is 5.49. The molecular weight excluding hydrogens is 508 g/mol. The minimum atomic E-state index is -1.13. The number of alkyl carbamates (subject to hydrolysis) is 1. The molecule has 1 amide bonds. The largest absolute Gasteiger partial charge is 0.464 e. The van der Waals surface area contributed by atoms with Gasteiger partial charge in [0.1, 0.15) is 18.2 Å². The van der Waals surface area contributed by atoms with Crippen LogP contribution < -0.4 is 5.32 Å². The van der Waals surface area contributed by atoms with Crippen LogP contribution in [-0.4, -0.2) is 46.1 Å². The lowest BCUT2D eigenvalue weighted by Crippen LogP contribution is -2.46. The van der Waals surface area contributed by atoms with Gasteiger partial charge in [0.15, 0.2) is 0 Å². The number of carbonyl (C=O) groups is 3. The highest BCUT2D eigenvalue weighted by atomic mass is 16.6. The predicted octanol–water partition coefficient (Wildman–Crippen LogP) is 6.27. The first-order valence-electron chi connectivity index (χ1n) is 13.2. The van der Waals surface area contributed by atoms with Crippen molar-refractivity contribution in [1.82, 2.24) is 9.88 Å². The van der Waals surface area contributed by atoms with Gasteiger partial charge in [0.25, 0.3) is 0 Å². The van der Waals surface area contributed by atoms with Crippen LogP contribution >= 0.6 is 0 Å². The highest BCUT2D eigenvalue weighted by Crippen LogP contribution is 2.44. The van der Waals surface area contributed by atoms with Gasteiger partial charge in [-0.05, 0) is 61.6 Å². The summed E-state index contributed by atoms with van der Waals surface area (Å²) >= 11 is 0. The molecule has 40 heavy (non-hydrogen) atoms. The van der Waals surface area contributed by atoms with Crippen molar-refractivity contribution in [2.75, 3.05) is 6.61 Å². The highest BCUT2D eigenvalue weighted by molar-refractivity contribution is 5.94. The fourth-order valence-corrected chi connectivity index (χ4v) is 5.49. The minimum Gasteiger partial charge on any atom is -0.464 e. The van der Waals surface area contributed by atoms with E-state index in [4.69, 9.17) is 9.47 Å². The van der Waals surface area contributed by atoms with Crippen LogP contribution in [0.4, 0.5) is 9.59 Å². The normalized spacial score (nSPS) is 13.4. The van der Waals surface area contributed by atoms with Gasteiger partial charge in [-0.25, -0.2) is 19.0 Å². The van der Waals surface area contributed by atoms with Gasteiger partial charge in [0, 0.05) is 23.4 Å². The lowest BCUT2D eigenvalue weighted by atomic mass is 9.98. The second-order valence-electron chi connectivity index (χ2n) is 11.0. The summed E-state index contributed by atoms with van der Waals surface area (Å²) in [6, 6.07) is 22.1. The van der Waals surface area contributed by atoms with E-state index in [2.05, 4.69) is 17.4 Å². The molecule has 0 fully saturated rings. The van der Waals surface area contributed by atoms with Crippen molar-refractivity contribution in [2.45, 2.75) is 51.7 Å². The molecule has 4 aromatic rings. The van der Waals surface area contributed by atoms with E-state index in [-0.39, 0.29) is 18.9 Å². The number of nitrogens with zero attached hydrogens (tertiary/aromatic N) is 1. The zero-order valence-electron chi connectivity index (χ0n) is 22.9. The van der Waals surface area contributed by atoms with Crippen LogP contribution in [0.25, 0.3) is 22.0 Å². The molecule has 0 bridgehead atoms. The van der Waals surface area contributed by atoms with E-state index >= 15 is 0 Å². The van der Waals surface area contributed by atoms with Crippen LogP contribution in [0, 0.1) is 6.92 Å². The van der Waals surface area contributed by atoms with Crippen LogP contribution in [0.3, 0.4) is 0 Å². The number of hydrogen-bond acceptors (Lipinski definition) is 5. The molecule has 206 valence electrons. The number of fused-ring (bicyclic) bond motifs is 4. The monoisotopic (exact) mass is 540 g/mol. The number of para-hydroxylation sites is 1. The molecule has 0 unspecified atom stereocenters. The zero-order valence-corrected chi connectivity index (χ0v) is 22.9. The molecule has 8 heteroatoms. The Hall–Kier alpha value is -4.59. The summed E-state index contributed by atoms with van der Waals surface area (Å²) in [6.07, 6.45) is -1.85. The Bertz CT molecular complexity index is 1570. The third kappa shape index (κ3) is 5.17. The number of hydrogen-bond donors (Lipinski definition) is 2. The van der Waals surface area contributed by atoms with Gasteiger partial charge >= 0.3 is 18.2 Å². The number of nitrogens with one attached hydrogen (secondary N) is 1. The van der Waals surface area contributed by atoms with E-state index in [0.717, 1.165) is 22.3 Å². The molecule has 0 saturated heterocycles. The maximum absolute atomic E-state index is 13.3. The van der Waals surface area contributed by atoms with Gasteiger partial charge in [-0.2, -0.15) is 0 Å². The Morgan fingerprint density at radius 2 is 1.50 bits per heavy atom. The molecule has 0 radical (unpaired) electrons. The van der Waals surface area contributed by atoms with Crippen molar-refractivity contribution in [2.24, 2.45) is 0 Å². The average molecular weight is 541 g/mol. The van der Waals surface area contributed by atoms with E-state index in [1.165, 1.54) is 4.57 Å². The van der Waals surface area contributed by atoms with Crippen molar-refractivity contribution in [3.05, 3.63) is 95.2 Å². The maximum atomic E-state index is 13.3. The summed E-state index contributed by atoms with van der Waals surface area (Å²) in [5.41, 5.74) is 5.21. The van der Waals surface area contributed by atoms with Crippen molar-refractivity contribution in [3.8, 4) is 11.1 Å². The third-order valence-electron chi connectivity index (χ3n) is 7.17. The van der Waals surface area contributed by atoms with Crippen LogP contribution in [0.1, 0.15) is 49.1 Å². The third-order valence-corrected chi connectivity index (χ3v) is 7.17. The van der Waals surface area contributed by atoms with E-state index in [1.54, 1.807) is 52.0 Å². The zero-order chi connectivity index (χ0) is 28.6. The molecule has 5 rings (SSSR count). The predicted molar refractivity (Wildman–Crippen MR) is 152 cm³/mol. The van der Waals surface area contributed by atoms with Gasteiger partial charge in [0.2, 0.25) is 0 Å². The Morgan fingerprint density at radius 3 is 2.10 bits per heavy atom. The SMILES string of the molecule is Cc1c(C[C@H](NC(=O)OCC2c3ccccc3-c3ccccc32)C(=O)OC(C)(C)C)c2ccccc2n1C(=O)O. The van der Waals surface area contributed by atoms with E-state index in [9.17, 15) is 19.5 Å². The highest BCUT2D eigenvalue weighted by Gasteiger charge is 2.32. The minimum absolute atomic E-state index is 0.0335. The Morgan fingerprint density at radius 1 is 0.925 bits per heavy atom. The lowest BCUT2D eigenvalue weighted by molar-refractivity contribution is -0.157. The summed E-state index contributed by atoms with van der Waals surface area (Å²) < 4.78 is 12.5. The van der Waals surface area contributed by atoms with Crippen LogP contribution in [0.15, 0.2) is 72.8 Å². The lowest BCUT2D eigenvalue weighted by Gasteiger charge is -2.25. The van der Waals surface area contributed by atoms with Crippen molar-refractivity contribution < 1.29 is 29.0 Å². The Labute approximate surface area is 232 Å². The quantitative estimate of drug-likeness (QED) is 0.279. The van der Waals surface area contributed by atoms with Gasteiger partial charge in [-0.3, -0.25) is 0 Å². The number of benzene rings is 3. The summed E-state index contributed by atoms with van der Waals surface area (Å²) in [4.78, 5) is 38.4. The molecule has 0 spiro atoms. The summed E-state index contributed by atoms with van der Waals surface area (Å²) in [7, 11) is 0. The number of amides is 1. The number of ether oxygens (including phenoxy) is 2. The summed E-state index contributed by atoms with van der Waals surface area (Å²) in [5.74, 6) is -0.763. The van der Waals surface area contributed by atoms with Gasteiger partial charge in [-0.1, -0.05) is 66.7 Å². The molecule has 1 atom stereocenters. The van der Waals surface area contributed by atoms with Crippen molar-refractivity contribution in [3.63, 3.8) is 0 Å². The molecule has 1 aromatic heterocycles. The standard InChI is InChI=1S/C32H32N2O6/c1-19-25(24-15-9-10-16-28(24)34(19)31(37)38)17-27(29(35)40-32(2,3)4)33-30(36)39-18-26-22-13-7-5-11-20(22)21-12-6-8-14-23(21)26/h5-16,26-27H,17-18H2,1-4H3,(H,33,36)(H,37,38)/t27-/m0/s1. The van der Waals surface area contributed by atoms with Gasteiger partial charge < -0.3 is 19.9 Å². The van der Waals surface area contributed by atoms with Gasteiger partial charge in [0.05, 0.1) is 5.52 Å². The molecule has 1 aliphatic rings. The molecule has 0 saturated carbocycles. The number of esters is 1. The number of rotatable bonds is 6. The molecule has 0 aliphatic heterocycles. The molecule has 3 aromatic carbocycles. The van der Waals surface area contributed by atoms with Crippen LogP contribution in [-0.2, 0) is 20.7 Å². The first kappa shape index (κ1) is 27.0. The average Bonchev–Trinajstić information content (AvgIpc) is 3.37. The second kappa shape index (κ2) is 10.5.